The molecule has 2 atom stereocenters. The number of esters is 1. The summed E-state index contributed by atoms with van der Waals surface area (Å²) in [5.41, 5.74) is 0. The van der Waals surface area contributed by atoms with Gasteiger partial charge in [-0.1, -0.05) is 0 Å². The van der Waals surface area contributed by atoms with E-state index in [1.54, 1.807) is 6.92 Å². The zero-order valence-electron chi connectivity index (χ0n) is 6.88. The van der Waals surface area contributed by atoms with Gasteiger partial charge in [0.25, 0.3) is 0 Å². The lowest BCUT2D eigenvalue weighted by Gasteiger charge is -2.05. The highest BCUT2D eigenvalue weighted by Crippen LogP contribution is 1.95. The third-order valence-electron chi connectivity index (χ3n) is 0.944. The minimum Gasteiger partial charge on any atom is -0.469 e. The molecule has 0 bridgehead atoms. The number of ether oxygens (including phenoxy) is 2. The fourth-order valence-electron chi connectivity index (χ4n) is 0.328. The van der Waals surface area contributed by atoms with Gasteiger partial charge in [0.05, 0.1) is 19.6 Å². The Hall–Kier alpha value is -0.570. The molecule has 0 saturated carbocycles. The Labute approximate surface area is 56.4 Å². The van der Waals surface area contributed by atoms with Crippen molar-refractivity contribution >= 4 is 5.97 Å². The van der Waals surface area contributed by atoms with Crippen LogP contribution in [0.5, 0.6) is 0 Å². The first-order chi connectivity index (χ1) is 4.63. The van der Waals surface area contributed by atoms with Gasteiger partial charge in [-0.15, -0.1) is 0 Å². The first-order valence-corrected chi connectivity index (χ1v) is 2.66. The van der Waals surface area contributed by atoms with Crippen molar-refractivity contribution in [3.63, 3.8) is 0 Å². The second kappa shape index (κ2) is 4.32. The van der Waals surface area contributed by atoms with Crippen LogP contribution in [0, 0.1) is 0 Å². The van der Waals surface area contributed by atoms with Crippen molar-refractivity contribution in [3.8, 4) is 0 Å². The van der Waals surface area contributed by atoms with E-state index < -0.39 is 18.5 Å². The second-order valence-electron chi connectivity index (χ2n) is 1.63. The van der Waals surface area contributed by atoms with Crippen LogP contribution in [0.15, 0.2) is 0 Å². The summed E-state index contributed by atoms with van der Waals surface area (Å²) < 4.78 is 16.3. The third-order valence-corrected chi connectivity index (χ3v) is 0.944. The maximum atomic E-state index is 10.6. The summed E-state index contributed by atoms with van der Waals surface area (Å²) in [6.07, 6.45) is -1.34. The molecule has 3 heteroatoms. The normalized spacial score (nSPS) is 17.9. The molecule has 0 saturated heterocycles. The van der Waals surface area contributed by atoms with E-state index in [1.165, 1.54) is 14.2 Å². The monoisotopic (exact) mass is 133 g/mol. The molecule has 0 fully saturated rings. The van der Waals surface area contributed by atoms with Gasteiger partial charge in [-0.2, -0.15) is 0 Å². The molecule has 0 heterocycles. The van der Waals surface area contributed by atoms with Crippen LogP contribution >= 0.6 is 0 Å². The van der Waals surface area contributed by atoms with Gasteiger partial charge in [-0.05, 0) is 6.92 Å². The standard InChI is InChI=1S/C6H12O3/c1-5(8-2)4-6(7)9-3/h5H,4H2,1-3H3/t5-/m0/s1/i4D/t4-,5+/m1. The largest absolute Gasteiger partial charge is 0.469 e. The third kappa shape index (κ3) is 3.97. The van der Waals surface area contributed by atoms with Gasteiger partial charge in [0.2, 0.25) is 0 Å². The number of carbonyl (C=O) groups is 1. The molecular formula is C6H12O3. The fourth-order valence-corrected chi connectivity index (χ4v) is 0.328. The van der Waals surface area contributed by atoms with E-state index in [0.29, 0.717) is 0 Å². The molecule has 0 amide bonds. The topological polar surface area (TPSA) is 35.5 Å². The van der Waals surface area contributed by atoms with Crippen LogP contribution in [-0.2, 0) is 14.3 Å². The van der Waals surface area contributed by atoms with Gasteiger partial charge in [0, 0.05) is 8.48 Å². The second-order valence-corrected chi connectivity index (χ2v) is 1.63. The Kier molecular flexibility index (Phi) is 3.15. The lowest BCUT2D eigenvalue weighted by molar-refractivity contribution is -0.143. The van der Waals surface area contributed by atoms with E-state index in [-0.39, 0.29) is 0 Å². The van der Waals surface area contributed by atoms with E-state index >= 15 is 0 Å². The maximum Gasteiger partial charge on any atom is 0.308 e. The molecule has 0 rings (SSSR count). The van der Waals surface area contributed by atoms with Crippen molar-refractivity contribution in [1.82, 2.24) is 0 Å². The molecular weight excluding hydrogens is 120 g/mol. The van der Waals surface area contributed by atoms with Crippen molar-refractivity contribution < 1.29 is 15.6 Å². The van der Waals surface area contributed by atoms with E-state index in [2.05, 4.69) is 4.74 Å². The molecule has 3 nitrogen and oxygen atoms in total. The summed E-state index contributed by atoms with van der Waals surface area (Å²) in [7, 11) is 2.71. The average molecular weight is 133 g/mol. The number of methoxy groups -OCH3 is 2. The molecule has 0 aliphatic rings. The Morgan fingerprint density at radius 3 is 2.67 bits per heavy atom. The van der Waals surface area contributed by atoms with Gasteiger partial charge in [0.1, 0.15) is 0 Å². The van der Waals surface area contributed by atoms with E-state index in [4.69, 9.17) is 6.11 Å². The van der Waals surface area contributed by atoms with E-state index in [1.807, 2.05) is 0 Å². The lowest BCUT2D eigenvalue weighted by atomic mass is 10.3. The zero-order valence-corrected chi connectivity index (χ0v) is 5.88. The van der Waals surface area contributed by atoms with Crippen molar-refractivity contribution in [2.45, 2.75) is 19.4 Å². The zero-order chi connectivity index (χ0) is 8.15. The highest BCUT2D eigenvalue weighted by Gasteiger charge is 2.06. The Morgan fingerprint density at radius 2 is 2.33 bits per heavy atom. The van der Waals surface area contributed by atoms with Crippen LogP contribution in [0.1, 0.15) is 14.7 Å². The number of hydrogen-bond donors (Lipinski definition) is 0. The first-order valence-electron chi connectivity index (χ1n) is 3.24. The molecule has 0 aliphatic carbocycles. The summed E-state index contributed by atoms with van der Waals surface area (Å²) in [5.74, 6) is -0.561. The predicted octanol–water partition coefficient (Wildman–Crippen LogP) is 0.584. The predicted molar refractivity (Wildman–Crippen MR) is 33.1 cm³/mol. The van der Waals surface area contributed by atoms with Gasteiger partial charge in [-0.3, -0.25) is 4.79 Å². The Bertz CT molecular complexity index is 116. The quantitative estimate of drug-likeness (QED) is 0.528. The SMILES string of the molecule is [2H][C@@H](C(=O)OC)[C@H](C)OC. The maximum absolute atomic E-state index is 10.6. The Morgan fingerprint density at radius 1 is 1.78 bits per heavy atom. The molecule has 0 unspecified atom stereocenters. The molecule has 0 aromatic rings. The summed E-state index contributed by atoms with van der Waals surface area (Å²) in [6, 6.07) is 0. The first kappa shape index (κ1) is 6.55. The molecule has 0 N–H and O–H groups in total. The summed E-state index contributed by atoms with van der Waals surface area (Å²) in [6.45, 7) is 1.65. The van der Waals surface area contributed by atoms with Crippen LogP contribution in [0.3, 0.4) is 0 Å². The molecule has 0 aromatic heterocycles. The van der Waals surface area contributed by atoms with Crippen molar-refractivity contribution in [3.05, 3.63) is 0 Å². The van der Waals surface area contributed by atoms with Crippen LogP contribution in [0.25, 0.3) is 0 Å². The summed E-state index contributed by atoms with van der Waals surface area (Å²) in [4.78, 5) is 10.6. The van der Waals surface area contributed by atoms with E-state index in [9.17, 15) is 4.79 Å². The molecule has 0 aromatic carbocycles. The van der Waals surface area contributed by atoms with Crippen LogP contribution < -0.4 is 0 Å². The Balaban J connectivity index is 3.81. The van der Waals surface area contributed by atoms with Gasteiger partial charge in [0.15, 0.2) is 0 Å². The minimum absolute atomic E-state index is 0.410. The lowest BCUT2D eigenvalue weighted by Crippen LogP contribution is -2.12. The summed E-state index contributed by atoms with van der Waals surface area (Å²) in [5, 5.41) is 0. The van der Waals surface area contributed by atoms with Crippen LogP contribution in [0.4, 0.5) is 0 Å². The van der Waals surface area contributed by atoms with Crippen LogP contribution in [0.2, 0.25) is 0 Å². The van der Waals surface area contributed by atoms with Gasteiger partial charge >= 0.3 is 5.97 Å². The van der Waals surface area contributed by atoms with Gasteiger partial charge in [-0.25, -0.2) is 0 Å². The number of carbonyl (C=O) groups excluding carboxylic acids is 1. The minimum atomic E-state index is -0.935. The fraction of sp³-hybridized carbons (Fsp3) is 0.833. The number of hydrogen-bond acceptors (Lipinski definition) is 3. The summed E-state index contributed by atoms with van der Waals surface area (Å²) >= 11 is 0. The van der Waals surface area contributed by atoms with Gasteiger partial charge < -0.3 is 9.47 Å². The molecule has 0 radical (unpaired) electrons. The molecule has 0 aliphatic heterocycles. The highest BCUT2D eigenvalue weighted by atomic mass is 16.5. The van der Waals surface area contributed by atoms with Crippen LogP contribution in [-0.4, -0.2) is 26.3 Å². The smallest absolute Gasteiger partial charge is 0.308 e. The molecule has 54 valence electrons. The average Bonchev–Trinajstić information content (AvgIpc) is 2.00. The van der Waals surface area contributed by atoms with Crippen molar-refractivity contribution in [1.29, 1.82) is 0 Å². The van der Waals surface area contributed by atoms with E-state index in [0.717, 1.165) is 0 Å². The van der Waals surface area contributed by atoms with Crippen molar-refractivity contribution in [2.24, 2.45) is 0 Å². The van der Waals surface area contributed by atoms with Crippen molar-refractivity contribution in [2.75, 3.05) is 14.2 Å². The molecule has 9 heavy (non-hydrogen) atoms. The molecule has 0 spiro atoms. The highest BCUT2D eigenvalue weighted by molar-refractivity contribution is 5.69. The number of rotatable bonds is 3.